The van der Waals surface area contributed by atoms with E-state index in [1.165, 1.54) is 19.3 Å². The number of aliphatic hydroxyl groups is 1. The second-order valence-electron chi connectivity index (χ2n) is 4.01. The molecule has 0 unspecified atom stereocenters. The molecule has 0 saturated heterocycles. The Balaban J connectivity index is 2.27. The van der Waals surface area contributed by atoms with Crippen molar-refractivity contribution in [2.75, 3.05) is 0 Å². The van der Waals surface area contributed by atoms with E-state index >= 15 is 0 Å². The van der Waals surface area contributed by atoms with Crippen molar-refractivity contribution in [2.24, 2.45) is 11.3 Å². The molecule has 0 spiro atoms. The SMILES string of the molecule is C[C@@]12C=C[C@@H](O)[C@@H](CC1)C2. The first-order valence-electron chi connectivity index (χ1n) is 4.07. The first kappa shape index (κ1) is 6.41. The van der Waals surface area contributed by atoms with Crippen LogP contribution in [0.4, 0.5) is 0 Å². The maximum atomic E-state index is 9.42. The van der Waals surface area contributed by atoms with Gasteiger partial charge in [0.25, 0.3) is 0 Å². The smallest absolute Gasteiger partial charge is 0.0749 e. The van der Waals surface area contributed by atoms with Gasteiger partial charge in [0.2, 0.25) is 0 Å². The van der Waals surface area contributed by atoms with Crippen molar-refractivity contribution in [2.45, 2.75) is 32.3 Å². The molecule has 3 atom stereocenters. The lowest BCUT2D eigenvalue weighted by molar-refractivity contribution is 0.141. The van der Waals surface area contributed by atoms with Crippen molar-refractivity contribution >= 4 is 0 Å². The van der Waals surface area contributed by atoms with Crippen LogP contribution in [0.2, 0.25) is 0 Å². The summed E-state index contributed by atoms with van der Waals surface area (Å²) in [4.78, 5) is 0. The van der Waals surface area contributed by atoms with Gasteiger partial charge in [0.15, 0.2) is 0 Å². The lowest BCUT2D eigenvalue weighted by Gasteiger charge is -2.25. The van der Waals surface area contributed by atoms with Gasteiger partial charge < -0.3 is 5.11 Å². The normalized spacial score (nSPS) is 51.8. The van der Waals surface area contributed by atoms with E-state index in [2.05, 4.69) is 13.0 Å². The first-order chi connectivity index (χ1) is 4.70. The molecular formula is C9H14O. The molecule has 0 aliphatic heterocycles. The van der Waals surface area contributed by atoms with Gasteiger partial charge in [0.05, 0.1) is 6.10 Å². The van der Waals surface area contributed by atoms with E-state index < -0.39 is 0 Å². The topological polar surface area (TPSA) is 20.2 Å². The Labute approximate surface area is 61.8 Å². The van der Waals surface area contributed by atoms with Crippen LogP contribution in [-0.2, 0) is 0 Å². The molecule has 2 bridgehead atoms. The van der Waals surface area contributed by atoms with E-state index in [1.807, 2.05) is 6.08 Å². The molecule has 2 aliphatic rings. The number of hydrogen-bond donors (Lipinski definition) is 1. The average molecular weight is 138 g/mol. The van der Waals surface area contributed by atoms with Crippen LogP contribution >= 0.6 is 0 Å². The minimum atomic E-state index is -0.143. The Morgan fingerprint density at radius 3 is 3.10 bits per heavy atom. The maximum Gasteiger partial charge on any atom is 0.0749 e. The highest BCUT2D eigenvalue weighted by Gasteiger charge is 2.38. The van der Waals surface area contributed by atoms with Gasteiger partial charge in [-0.15, -0.1) is 0 Å². The van der Waals surface area contributed by atoms with Crippen LogP contribution in [0, 0.1) is 11.3 Å². The van der Waals surface area contributed by atoms with Crippen LogP contribution in [0.15, 0.2) is 12.2 Å². The molecule has 0 amide bonds. The molecule has 0 aromatic heterocycles. The highest BCUT2D eigenvalue weighted by Crippen LogP contribution is 2.47. The van der Waals surface area contributed by atoms with Crippen LogP contribution in [0.25, 0.3) is 0 Å². The molecular weight excluding hydrogens is 124 g/mol. The van der Waals surface area contributed by atoms with Crippen molar-refractivity contribution in [3.63, 3.8) is 0 Å². The molecule has 1 heteroatoms. The quantitative estimate of drug-likeness (QED) is 0.505. The number of allylic oxidation sites excluding steroid dienone is 1. The predicted octanol–water partition coefficient (Wildman–Crippen LogP) is 1.72. The van der Waals surface area contributed by atoms with Gasteiger partial charge in [0.1, 0.15) is 0 Å². The molecule has 0 aromatic rings. The number of fused-ring (bicyclic) bond motifs is 2. The molecule has 10 heavy (non-hydrogen) atoms. The van der Waals surface area contributed by atoms with Gasteiger partial charge in [-0.25, -0.2) is 0 Å². The second kappa shape index (κ2) is 1.85. The van der Waals surface area contributed by atoms with Gasteiger partial charge in [-0.3, -0.25) is 0 Å². The summed E-state index contributed by atoms with van der Waals surface area (Å²) < 4.78 is 0. The Hall–Kier alpha value is -0.300. The molecule has 1 N–H and O–H groups in total. The fourth-order valence-electron chi connectivity index (χ4n) is 2.25. The first-order valence-corrected chi connectivity index (χ1v) is 4.07. The average Bonchev–Trinajstić information content (AvgIpc) is 2.23. The summed E-state index contributed by atoms with van der Waals surface area (Å²) in [6.45, 7) is 2.29. The molecule has 0 aromatic carbocycles. The fourth-order valence-corrected chi connectivity index (χ4v) is 2.25. The number of hydrogen-bond acceptors (Lipinski definition) is 1. The monoisotopic (exact) mass is 138 g/mol. The van der Waals surface area contributed by atoms with Crippen LogP contribution in [0.1, 0.15) is 26.2 Å². The summed E-state index contributed by atoms with van der Waals surface area (Å²) in [5, 5.41) is 9.42. The standard InChI is InChI=1S/C9H14O/c1-9-4-2-7(6-9)8(10)3-5-9/h3,5,7-8,10H,2,4,6H2,1H3/t7-,8+,9-/m0/s1. The Kier molecular flexibility index (Phi) is 1.19. The fraction of sp³-hybridized carbons (Fsp3) is 0.778. The maximum absolute atomic E-state index is 9.42. The predicted molar refractivity (Wildman–Crippen MR) is 40.6 cm³/mol. The highest BCUT2D eigenvalue weighted by atomic mass is 16.3. The Morgan fingerprint density at radius 2 is 2.40 bits per heavy atom. The van der Waals surface area contributed by atoms with E-state index in [4.69, 9.17) is 0 Å². The van der Waals surface area contributed by atoms with Crippen molar-refractivity contribution in [3.05, 3.63) is 12.2 Å². The van der Waals surface area contributed by atoms with E-state index in [0.29, 0.717) is 11.3 Å². The van der Waals surface area contributed by atoms with E-state index in [1.54, 1.807) is 0 Å². The van der Waals surface area contributed by atoms with Gasteiger partial charge in [-0.1, -0.05) is 19.1 Å². The lowest BCUT2D eigenvalue weighted by atomic mass is 9.82. The van der Waals surface area contributed by atoms with Crippen LogP contribution in [-0.4, -0.2) is 11.2 Å². The summed E-state index contributed by atoms with van der Waals surface area (Å²) in [7, 11) is 0. The highest BCUT2D eigenvalue weighted by molar-refractivity contribution is 5.11. The second-order valence-corrected chi connectivity index (χ2v) is 4.01. The minimum absolute atomic E-state index is 0.143. The zero-order chi connectivity index (χ0) is 7.19. The zero-order valence-corrected chi connectivity index (χ0v) is 6.38. The third-order valence-electron chi connectivity index (χ3n) is 2.99. The lowest BCUT2D eigenvalue weighted by Crippen LogP contribution is -2.22. The molecule has 56 valence electrons. The summed E-state index contributed by atoms with van der Waals surface area (Å²) >= 11 is 0. The Bertz CT molecular complexity index is 174. The van der Waals surface area contributed by atoms with Gasteiger partial charge >= 0.3 is 0 Å². The van der Waals surface area contributed by atoms with Crippen molar-refractivity contribution < 1.29 is 5.11 Å². The van der Waals surface area contributed by atoms with Crippen molar-refractivity contribution in [3.8, 4) is 0 Å². The third kappa shape index (κ3) is 0.807. The summed E-state index contributed by atoms with van der Waals surface area (Å²) in [6, 6.07) is 0. The number of aliphatic hydroxyl groups excluding tert-OH is 1. The zero-order valence-electron chi connectivity index (χ0n) is 6.38. The Morgan fingerprint density at radius 1 is 1.60 bits per heavy atom. The van der Waals surface area contributed by atoms with Gasteiger partial charge in [0, 0.05) is 0 Å². The molecule has 2 rings (SSSR count). The van der Waals surface area contributed by atoms with Crippen LogP contribution in [0.3, 0.4) is 0 Å². The van der Waals surface area contributed by atoms with E-state index in [-0.39, 0.29) is 6.10 Å². The minimum Gasteiger partial charge on any atom is -0.389 e. The van der Waals surface area contributed by atoms with Gasteiger partial charge in [-0.05, 0) is 30.6 Å². The summed E-state index contributed by atoms with van der Waals surface area (Å²) in [5.74, 6) is 0.565. The van der Waals surface area contributed by atoms with E-state index in [0.717, 1.165) is 0 Å². The third-order valence-corrected chi connectivity index (χ3v) is 2.99. The summed E-state index contributed by atoms with van der Waals surface area (Å²) in [5.41, 5.74) is 0.434. The molecule has 1 fully saturated rings. The number of rotatable bonds is 0. The molecule has 2 aliphatic carbocycles. The molecule has 0 radical (unpaired) electrons. The van der Waals surface area contributed by atoms with Crippen LogP contribution in [0.5, 0.6) is 0 Å². The van der Waals surface area contributed by atoms with Crippen LogP contribution < -0.4 is 0 Å². The van der Waals surface area contributed by atoms with E-state index in [9.17, 15) is 5.11 Å². The van der Waals surface area contributed by atoms with Crippen molar-refractivity contribution in [1.82, 2.24) is 0 Å². The summed E-state index contributed by atoms with van der Waals surface area (Å²) in [6.07, 6.45) is 7.71. The van der Waals surface area contributed by atoms with Crippen molar-refractivity contribution in [1.29, 1.82) is 0 Å². The molecule has 1 nitrogen and oxygen atoms in total. The largest absolute Gasteiger partial charge is 0.389 e. The van der Waals surface area contributed by atoms with Gasteiger partial charge in [-0.2, -0.15) is 0 Å². The molecule has 0 heterocycles. The molecule has 1 saturated carbocycles.